The molecule has 0 atom stereocenters. The van der Waals surface area contributed by atoms with Crippen LogP contribution in [-0.4, -0.2) is 26.7 Å². The van der Waals surface area contributed by atoms with Crippen molar-refractivity contribution in [3.05, 3.63) is 42.0 Å². The first kappa shape index (κ1) is 16.1. The van der Waals surface area contributed by atoms with Crippen LogP contribution in [0.3, 0.4) is 0 Å². The van der Waals surface area contributed by atoms with Crippen molar-refractivity contribution in [2.45, 2.75) is 6.29 Å². The van der Waals surface area contributed by atoms with Gasteiger partial charge in [-0.05, 0) is 30.3 Å². The zero-order valence-electron chi connectivity index (χ0n) is 13.2. The van der Waals surface area contributed by atoms with Crippen LogP contribution in [0.1, 0.15) is 11.9 Å². The van der Waals surface area contributed by atoms with Gasteiger partial charge in [0.1, 0.15) is 5.75 Å². The molecule has 7 heteroatoms. The van der Waals surface area contributed by atoms with Crippen LogP contribution < -0.4 is 20.5 Å². The molecule has 0 saturated carbocycles. The molecule has 3 rings (SSSR count). The number of nitrogen functional groups attached to an aromatic ring is 1. The second-order valence-corrected chi connectivity index (χ2v) is 5.10. The Morgan fingerprint density at radius 3 is 2.62 bits per heavy atom. The van der Waals surface area contributed by atoms with Gasteiger partial charge in [-0.2, -0.15) is 0 Å². The summed E-state index contributed by atoms with van der Waals surface area (Å²) >= 11 is 0. The summed E-state index contributed by atoms with van der Waals surface area (Å²) in [7, 11) is 1.56. The maximum atomic E-state index is 10.5. The molecule has 1 saturated heterocycles. The molecule has 2 aromatic carbocycles. The quantitative estimate of drug-likeness (QED) is 0.625. The monoisotopic (exact) mass is 330 g/mol. The molecule has 1 aliphatic heterocycles. The highest BCUT2D eigenvalue weighted by atomic mass is 16.7. The van der Waals surface area contributed by atoms with E-state index in [0.29, 0.717) is 48.2 Å². The SMILES string of the molecule is COc1cc(C2OCCO2)ccc1Oc1ccc(NC=O)c(N)c1. The van der Waals surface area contributed by atoms with E-state index < -0.39 is 0 Å². The summed E-state index contributed by atoms with van der Waals surface area (Å²) < 4.78 is 22.2. The van der Waals surface area contributed by atoms with E-state index in [0.717, 1.165) is 5.56 Å². The summed E-state index contributed by atoms with van der Waals surface area (Å²) in [5, 5.41) is 2.51. The van der Waals surface area contributed by atoms with Crippen LogP contribution in [-0.2, 0) is 14.3 Å². The number of nitrogens with two attached hydrogens (primary N) is 1. The summed E-state index contributed by atoms with van der Waals surface area (Å²) in [5.74, 6) is 1.62. The number of hydrogen-bond donors (Lipinski definition) is 2. The first-order chi connectivity index (χ1) is 11.7. The van der Waals surface area contributed by atoms with Crippen LogP contribution >= 0.6 is 0 Å². The Morgan fingerprint density at radius 1 is 1.17 bits per heavy atom. The predicted octanol–water partition coefficient (Wildman–Crippen LogP) is 2.68. The standard InChI is InChI=1S/C17H18N2O5/c1-21-16-8-11(17-22-6-7-23-17)2-5-15(16)24-12-3-4-14(19-10-20)13(18)9-12/h2-5,8-10,17H,6-7,18H2,1H3,(H,19,20). The van der Waals surface area contributed by atoms with Gasteiger partial charge < -0.3 is 30.0 Å². The highest BCUT2D eigenvalue weighted by molar-refractivity contribution is 5.80. The van der Waals surface area contributed by atoms with Crippen molar-refractivity contribution in [3.63, 3.8) is 0 Å². The first-order valence-electron chi connectivity index (χ1n) is 7.40. The van der Waals surface area contributed by atoms with Crippen LogP contribution in [0.25, 0.3) is 0 Å². The Labute approximate surface area is 139 Å². The van der Waals surface area contributed by atoms with Gasteiger partial charge in [0, 0.05) is 11.6 Å². The minimum Gasteiger partial charge on any atom is -0.493 e. The Hall–Kier alpha value is -2.77. The van der Waals surface area contributed by atoms with Gasteiger partial charge in [-0.15, -0.1) is 0 Å². The Balaban J connectivity index is 1.81. The van der Waals surface area contributed by atoms with E-state index in [1.807, 2.05) is 12.1 Å². The molecule has 0 spiro atoms. The van der Waals surface area contributed by atoms with Crippen LogP contribution in [0, 0.1) is 0 Å². The van der Waals surface area contributed by atoms with Gasteiger partial charge in [0.05, 0.1) is 31.7 Å². The summed E-state index contributed by atoms with van der Waals surface area (Å²) in [6.45, 7) is 1.15. The third-order valence-corrected chi connectivity index (χ3v) is 3.55. The number of amides is 1. The summed E-state index contributed by atoms with van der Waals surface area (Å²) in [6.07, 6.45) is 0.193. The van der Waals surface area contributed by atoms with Gasteiger partial charge in [-0.1, -0.05) is 0 Å². The number of hydrogen-bond acceptors (Lipinski definition) is 6. The van der Waals surface area contributed by atoms with Crippen LogP contribution in [0.5, 0.6) is 17.2 Å². The fourth-order valence-corrected chi connectivity index (χ4v) is 2.39. The number of methoxy groups -OCH3 is 1. The average molecular weight is 330 g/mol. The molecule has 3 N–H and O–H groups in total. The molecule has 24 heavy (non-hydrogen) atoms. The molecule has 0 radical (unpaired) electrons. The number of benzene rings is 2. The van der Waals surface area contributed by atoms with Gasteiger partial charge in [-0.25, -0.2) is 0 Å². The van der Waals surface area contributed by atoms with Crippen LogP contribution in [0.2, 0.25) is 0 Å². The Kier molecular flexibility index (Phi) is 4.83. The van der Waals surface area contributed by atoms with E-state index >= 15 is 0 Å². The molecule has 0 unspecified atom stereocenters. The fraction of sp³-hybridized carbons (Fsp3) is 0.235. The van der Waals surface area contributed by atoms with Crippen molar-refractivity contribution in [3.8, 4) is 17.2 Å². The molecule has 0 aromatic heterocycles. The second-order valence-electron chi connectivity index (χ2n) is 5.10. The smallest absolute Gasteiger partial charge is 0.211 e. The zero-order valence-corrected chi connectivity index (χ0v) is 13.2. The summed E-state index contributed by atoms with van der Waals surface area (Å²) in [4.78, 5) is 10.5. The van der Waals surface area contributed by atoms with E-state index in [9.17, 15) is 4.79 Å². The Morgan fingerprint density at radius 2 is 1.96 bits per heavy atom. The van der Waals surface area contributed by atoms with Crippen molar-refractivity contribution < 1.29 is 23.7 Å². The molecule has 1 heterocycles. The molecule has 1 fully saturated rings. The van der Waals surface area contributed by atoms with E-state index in [1.54, 1.807) is 31.4 Å². The number of anilines is 2. The lowest BCUT2D eigenvalue weighted by atomic mass is 10.2. The number of rotatable bonds is 6. The highest BCUT2D eigenvalue weighted by Crippen LogP contribution is 2.36. The van der Waals surface area contributed by atoms with Crippen molar-refractivity contribution in [1.29, 1.82) is 0 Å². The van der Waals surface area contributed by atoms with Crippen molar-refractivity contribution in [2.24, 2.45) is 0 Å². The maximum absolute atomic E-state index is 10.5. The van der Waals surface area contributed by atoms with Crippen LogP contribution in [0.4, 0.5) is 11.4 Å². The lowest BCUT2D eigenvalue weighted by Crippen LogP contribution is -2.00. The Bertz CT molecular complexity index is 729. The third-order valence-electron chi connectivity index (χ3n) is 3.55. The van der Waals surface area contributed by atoms with Gasteiger partial charge in [0.25, 0.3) is 0 Å². The average Bonchev–Trinajstić information content (AvgIpc) is 3.12. The third kappa shape index (κ3) is 3.42. The van der Waals surface area contributed by atoms with Crippen molar-refractivity contribution in [1.82, 2.24) is 0 Å². The van der Waals surface area contributed by atoms with Crippen molar-refractivity contribution in [2.75, 3.05) is 31.4 Å². The zero-order chi connectivity index (χ0) is 16.9. The molecule has 1 aliphatic rings. The molecular formula is C17H18N2O5. The molecule has 2 aromatic rings. The lowest BCUT2D eigenvalue weighted by Gasteiger charge is -2.15. The number of nitrogens with one attached hydrogen (secondary N) is 1. The predicted molar refractivity (Wildman–Crippen MR) is 88.3 cm³/mol. The largest absolute Gasteiger partial charge is 0.493 e. The second kappa shape index (κ2) is 7.20. The molecule has 0 aliphatic carbocycles. The van der Waals surface area contributed by atoms with E-state index in [-0.39, 0.29) is 6.29 Å². The normalized spacial score (nSPS) is 14.4. The van der Waals surface area contributed by atoms with Gasteiger partial charge >= 0.3 is 0 Å². The van der Waals surface area contributed by atoms with Gasteiger partial charge in [0.15, 0.2) is 17.8 Å². The molecule has 7 nitrogen and oxygen atoms in total. The lowest BCUT2D eigenvalue weighted by molar-refractivity contribution is -0.105. The first-order valence-corrected chi connectivity index (χ1v) is 7.40. The molecule has 1 amide bonds. The topological polar surface area (TPSA) is 92.0 Å². The van der Waals surface area contributed by atoms with Gasteiger partial charge in [-0.3, -0.25) is 4.79 Å². The molecule has 0 bridgehead atoms. The summed E-state index contributed by atoms with van der Waals surface area (Å²) in [5.41, 5.74) is 7.66. The molecular weight excluding hydrogens is 312 g/mol. The number of carbonyl (C=O) groups excluding carboxylic acids is 1. The van der Waals surface area contributed by atoms with Gasteiger partial charge in [0.2, 0.25) is 6.41 Å². The number of carbonyl (C=O) groups is 1. The van der Waals surface area contributed by atoms with E-state index in [1.165, 1.54) is 0 Å². The van der Waals surface area contributed by atoms with E-state index in [2.05, 4.69) is 5.32 Å². The van der Waals surface area contributed by atoms with Crippen LogP contribution in [0.15, 0.2) is 36.4 Å². The minimum atomic E-state index is -0.378. The maximum Gasteiger partial charge on any atom is 0.211 e. The van der Waals surface area contributed by atoms with Crippen molar-refractivity contribution >= 4 is 17.8 Å². The summed E-state index contributed by atoms with van der Waals surface area (Å²) in [6, 6.07) is 10.5. The highest BCUT2D eigenvalue weighted by Gasteiger charge is 2.20. The number of ether oxygens (including phenoxy) is 4. The molecule has 126 valence electrons. The van der Waals surface area contributed by atoms with E-state index in [4.69, 9.17) is 24.7 Å². The fourth-order valence-electron chi connectivity index (χ4n) is 2.39. The minimum absolute atomic E-state index is 0.378.